The summed E-state index contributed by atoms with van der Waals surface area (Å²) in [5.74, 6) is 0.286. The van der Waals surface area contributed by atoms with Gasteiger partial charge in [-0.2, -0.15) is 4.98 Å². The second-order valence-electron chi connectivity index (χ2n) is 7.49. The number of H-pyrrole nitrogens is 1. The van der Waals surface area contributed by atoms with Gasteiger partial charge in [-0.1, -0.05) is 24.3 Å². The summed E-state index contributed by atoms with van der Waals surface area (Å²) in [5.41, 5.74) is 4.54. The number of carbonyl (C=O) groups is 1. The summed E-state index contributed by atoms with van der Waals surface area (Å²) in [6.45, 7) is 5.95. The fourth-order valence-electron chi connectivity index (χ4n) is 3.98. The molecule has 4 aromatic rings. The van der Waals surface area contributed by atoms with E-state index in [1.54, 1.807) is 18.2 Å². The van der Waals surface area contributed by atoms with Gasteiger partial charge in [0, 0.05) is 37.1 Å². The largest absolute Gasteiger partial charge is 0.478 e. The molecule has 2 aromatic heterocycles. The molecule has 0 saturated carbocycles. The third kappa shape index (κ3) is 3.55. The van der Waals surface area contributed by atoms with Crippen LogP contribution < -0.4 is 15.0 Å². The first kappa shape index (κ1) is 19.3. The molecule has 0 amide bonds. The lowest BCUT2D eigenvalue weighted by Gasteiger charge is -2.27. The molecule has 0 spiro atoms. The van der Waals surface area contributed by atoms with Crippen LogP contribution in [0.3, 0.4) is 0 Å². The number of fused-ring (bicyclic) bond motifs is 3. The quantitative estimate of drug-likeness (QED) is 0.458. The third-order valence-electron chi connectivity index (χ3n) is 5.52. The zero-order valence-electron chi connectivity index (χ0n) is 17.2. The molecule has 0 unspecified atom stereocenters. The summed E-state index contributed by atoms with van der Waals surface area (Å²) in [6, 6.07) is 13.0. The summed E-state index contributed by atoms with van der Waals surface area (Å²) >= 11 is 0. The van der Waals surface area contributed by atoms with E-state index in [0.717, 1.165) is 59.2 Å². The first-order valence-electron chi connectivity index (χ1n) is 10.4. The number of aromatic nitrogens is 3. The van der Waals surface area contributed by atoms with Crippen molar-refractivity contribution < 1.29 is 14.6 Å². The van der Waals surface area contributed by atoms with Gasteiger partial charge in [-0.25, -0.2) is 9.78 Å². The number of ether oxygens (including phenoxy) is 1. The maximum Gasteiger partial charge on any atom is 0.335 e. The van der Waals surface area contributed by atoms with Gasteiger partial charge >= 0.3 is 5.97 Å². The van der Waals surface area contributed by atoms with E-state index in [1.165, 1.54) is 0 Å². The predicted octanol–water partition coefficient (Wildman–Crippen LogP) is 3.28. The van der Waals surface area contributed by atoms with E-state index in [0.29, 0.717) is 18.4 Å². The number of benzene rings is 2. The van der Waals surface area contributed by atoms with E-state index in [1.807, 2.05) is 31.2 Å². The van der Waals surface area contributed by atoms with Gasteiger partial charge < -0.3 is 25.0 Å². The van der Waals surface area contributed by atoms with Gasteiger partial charge in [0.25, 0.3) is 0 Å². The van der Waals surface area contributed by atoms with Gasteiger partial charge in [0.1, 0.15) is 11.0 Å². The average molecular weight is 417 g/mol. The van der Waals surface area contributed by atoms with E-state index in [4.69, 9.17) is 9.72 Å². The minimum Gasteiger partial charge on any atom is -0.478 e. The monoisotopic (exact) mass is 417 g/mol. The second kappa shape index (κ2) is 7.88. The van der Waals surface area contributed by atoms with Crippen LogP contribution in [0.4, 0.5) is 5.95 Å². The minimum atomic E-state index is -0.939. The summed E-state index contributed by atoms with van der Waals surface area (Å²) in [4.78, 5) is 26.5. The van der Waals surface area contributed by atoms with Crippen molar-refractivity contribution in [2.75, 3.05) is 37.7 Å². The molecule has 3 N–H and O–H groups in total. The molecule has 1 saturated heterocycles. The molecule has 0 atom stereocenters. The van der Waals surface area contributed by atoms with Crippen LogP contribution in [-0.4, -0.2) is 58.8 Å². The number of aromatic amines is 1. The number of rotatable bonds is 5. The van der Waals surface area contributed by atoms with Gasteiger partial charge in [0.15, 0.2) is 0 Å². The van der Waals surface area contributed by atoms with Crippen LogP contribution in [0.5, 0.6) is 5.88 Å². The number of nitrogens with one attached hydrogen (secondary N) is 2. The standard InChI is InChI=1S/C23H23N5O3/c1-2-31-21-20-19(26-23(27-21)28-10-8-24-9-11-28)17-7-6-15(13-18(17)25-20)14-4-3-5-16(12-14)22(29)30/h3-7,12-13,24-25H,2,8-11H2,1H3,(H,29,30). The molecule has 0 radical (unpaired) electrons. The minimum absolute atomic E-state index is 0.263. The molecule has 31 heavy (non-hydrogen) atoms. The number of piperazine rings is 1. The Morgan fingerprint density at radius 1 is 1.13 bits per heavy atom. The average Bonchev–Trinajstić information content (AvgIpc) is 3.18. The SMILES string of the molecule is CCOc1nc(N2CCNCC2)nc2c1[nH]c1cc(-c3cccc(C(=O)O)c3)ccc12. The van der Waals surface area contributed by atoms with Crippen molar-refractivity contribution in [3.8, 4) is 17.0 Å². The zero-order valence-corrected chi connectivity index (χ0v) is 17.2. The van der Waals surface area contributed by atoms with Gasteiger partial charge in [0.05, 0.1) is 12.2 Å². The Bertz CT molecular complexity index is 1280. The van der Waals surface area contributed by atoms with Gasteiger partial charge in [-0.15, -0.1) is 0 Å². The molecule has 0 bridgehead atoms. The second-order valence-corrected chi connectivity index (χ2v) is 7.49. The number of carboxylic acid groups (broad SMARTS) is 1. The highest BCUT2D eigenvalue weighted by atomic mass is 16.5. The Kier molecular flexibility index (Phi) is 4.91. The smallest absolute Gasteiger partial charge is 0.335 e. The van der Waals surface area contributed by atoms with Crippen LogP contribution in [-0.2, 0) is 0 Å². The highest BCUT2D eigenvalue weighted by Crippen LogP contribution is 2.33. The predicted molar refractivity (Wildman–Crippen MR) is 120 cm³/mol. The molecule has 0 aliphatic carbocycles. The van der Waals surface area contributed by atoms with Crippen LogP contribution >= 0.6 is 0 Å². The van der Waals surface area contributed by atoms with E-state index >= 15 is 0 Å². The fraction of sp³-hybridized carbons (Fsp3) is 0.261. The lowest BCUT2D eigenvalue weighted by molar-refractivity contribution is 0.0697. The van der Waals surface area contributed by atoms with Crippen molar-refractivity contribution in [2.24, 2.45) is 0 Å². The maximum atomic E-state index is 11.3. The van der Waals surface area contributed by atoms with Crippen LogP contribution in [0.15, 0.2) is 42.5 Å². The van der Waals surface area contributed by atoms with E-state index < -0.39 is 5.97 Å². The van der Waals surface area contributed by atoms with Crippen molar-refractivity contribution in [1.29, 1.82) is 0 Å². The van der Waals surface area contributed by atoms with Crippen molar-refractivity contribution in [3.05, 3.63) is 48.0 Å². The summed E-state index contributed by atoms with van der Waals surface area (Å²) in [6.07, 6.45) is 0. The van der Waals surface area contributed by atoms with Crippen LogP contribution in [0.1, 0.15) is 17.3 Å². The van der Waals surface area contributed by atoms with Gasteiger partial charge in [-0.3, -0.25) is 0 Å². The molecular formula is C23H23N5O3. The molecular weight excluding hydrogens is 394 g/mol. The van der Waals surface area contributed by atoms with Crippen LogP contribution in [0.2, 0.25) is 0 Å². The Morgan fingerprint density at radius 2 is 1.94 bits per heavy atom. The summed E-state index contributed by atoms with van der Waals surface area (Å²) < 4.78 is 5.85. The molecule has 158 valence electrons. The third-order valence-corrected chi connectivity index (χ3v) is 5.52. The normalized spacial score (nSPS) is 14.3. The van der Waals surface area contributed by atoms with E-state index in [2.05, 4.69) is 20.2 Å². The molecule has 1 fully saturated rings. The Hall–Kier alpha value is -3.65. The van der Waals surface area contributed by atoms with Gasteiger partial charge in [0.2, 0.25) is 11.8 Å². The first-order valence-corrected chi connectivity index (χ1v) is 10.4. The number of anilines is 1. The van der Waals surface area contributed by atoms with Crippen molar-refractivity contribution >= 4 is 33.9 Å². The number of nitrogens with zero attached hydrogens (tertiary/aromatic N) is 3. The lowest BCUT2D eigenvalue weighted by Crippen LogP contribution is -2.44. The van der Waals surface area contributed by atoms with E-state index in [9.17, 15) is 9.90 Å². The van der Waals surface area contributed by atoms with Crippen molar-refractivity contribution in [1.82, 2.24) is 20.3 Å². The maximum absolute atomic E-state index is 11.3. The molecule has 8 heteroatoms. The zero-order chi connectivity index (χ0) is 21.4. The highest BCUT2D eigenvalue weighted by molar-refractivity contribution is 6.08. The van der Waals surface area contributed by atoms with Crippen LogP contribution in [0, 0.1) is 0 Å². The first-order chi connectivity index (χ1) is 15.1. The summed E-state index contributed by atoms with van der Waals surface area (Å²) in [7, 11) is 0. The number of aromatic carboxylic acids is 1. The number of hydrogen-bond donors (Lipinski definition) is 3. The highest BCUT2D eigenvalue weighted by Gasteiger charge is 2.19. The lowest BCUT2D eigenvalue weighted by atomic mass is 10.0. The molecule has 8 nitrogen and oxygen atoms in total. The number of hydrogen-bond acceptors (Lipinski definition) is 6. The molecule has 1 aliphatic rings. The molecule has 2 aromatic carbocycles. The fourth-order valence-corrected chi connectivity index (χ4v) is 3.98. The Morgan fingerprint density at radius 3 is 2.71 bits per heavy atom. The molecule has 3 heterocycles. The van der Waals surface area contributed by atoms with E-state index in [-0.39, 0.29) is 5.56 Å². The molecule has 5 rings (SSSR count). The van der Waals surface area contributed by atoms with Crippen LogP contribution in [0.25, 0.3) is 33.1 Å². The topological polar surface area (TPSA) is 103 Å². The van der Waals surface area contributed by atoms with Crippen molar-refractivity contribution in [3.63, 3.8) is 0 Å². The van der Waals surface area contributed by atoms with Gasteiger partial charge in [-0.05, 0) is 36.2 Å². The summed E-state index contributed by atoms with van der Waals surface area (Å²) in [5, 5.41) is 13.6. The Labute approximate surface area is 178 Å². The Balaban J connectivity index is 1.64. The van der Waals surface area contributed by atoms with Crippen molar-refractivity contribution in [2.45, 2.75) is 6.92 Å². The number of carboxylic acids is 1. The molecule has 1 aliphatic heterocycles.